The van der Waals surface area contributed by atoms with Crippen LogP contribution in [0.2, 0.25) is 5.02 Å². The van der Waals surface area contributed by atoms with Gasteiger partial charge in [0.25, 0.3) is 5.76 Å². The van der Waals surface area contributed by atoms with Gasteiger partial charge >= 0.3 is 0 Å². The van der Waals surface area contributed by atoms with Crippen LogP contribution in [0.3, 0.4) is 0 Å². The Bertz CT molecular complexity index is 808. The van der Waals surface area contributed by atoms with Gasteiger partial charge in [-0.3, -0.25) is 9.48 Å². The summed E-state index contributed by atoms with van der Waals surface area (Å²) in [5, 5.41) is 7.45. The summed E-state index contributed by atoms with van der Waals surface area (Å²) >= 11 is 6.33. The Balaban J connectivity index is 2.06. The lowest BCUT2D eigenvalue weighted by Gasteiger charge is -2.12. The lowest BCUT2D eigenvalue weighted by Crippen LogP contribution is -2.14. The second kappa shape index (κ2) is 9.55. The van der Waals surface area contributed by atoms with Crippen molar-refractivity contribution in [3.63, 3.8) is 0 Å². The molecule has 0 spiro atoms. The monoisotopic (exact) mass is 415 g/mol. The smallest absolute Gasteiger partial charge is 0.289 e. The van der Waals surface area contributed by atoms with E-state index in [4.69, 9.17) is 11.6 Å². The Morgan fingerprint density at radius 1 is 1.33 bits per heavy atom. The number of halogens is 3. The number of alkyl halides is 2. The zero-order valence-electron chi connectivity index (χ0n) is 15.9. The van der Waals surface area contributed by atoms with Gasteiger partial charge in [-0.05, 0) is 43.9 Å². The van der Waals surface area contributed by atoms with E-state index in [9.17, 15) is 13.6 Å². The van der Waals surface area contributed by atoms with Gasteiger partial charge in [-0.15, -0.1) is 0 Å². The SMILES string of the molecule is Cc1nn(CC(C)C)c(C)c1CCC(=O)Nc1cccc(Cl)c1SC(F)F. The molecule has 0 aliphatic rings. The number of thioether (sulfide) groups is 1. The van der Waals surface area contributed by atoms with Crippen LogP contribution in [-0.2, 0) is 17.8 Å². The van der Waals surface area contributed by atoms with Crippen molar-refractivity contribution in [2.75, 3.05) is 5.32 Å². The largest absolute Gasteiger partial charge is 0.325 e. The topological polar surface area (TPSA) is 46.9 Å². The maximum atomic E-state index is 12.8. The minimum Gasteiger partial charge on any atom is -0.325 e. The summed E-state index contributed by atoms with van der Waals surface area (Å²) in [4.78, 5) is 12.5. The van der Waals surface area contributed by atoms with Gasteiger partial charge in [-0.1, -0.05) is 43.3 Å². The number of anilines is 1. The van der Waals surface area contributed by atoms with Crippen LogP contribution in [0.4, 0.5) is 14.5 Å². The van der Waals surface area contributed by atoms with Crippen LogP contribution in [0.15, 0.2) is 23.1 Å². The summed E-state index contributed by atoms with van der Waals surface area (Å²) in [7, 11) is 0. The fraction of sp³-hybridized carbons (Fsp3) is 0.474. The molecular weight excluding hydrogens is 392 g/mol. The molecule has 2 aromatic rings. The number of hydrogen-bond acceptors (Lipinski definition) is 3. The van der Waals surface area contributed by atoms with Gasteiger partial charge in [-0.2, -0.15) is 13.9 Å². The van der Waals surface area contributed by atoms with E-state index in [0.29, 0.717) is 29.8 Å². The Kier molecular flexibility index (Phi) is 7.68. The first-order valence-corrected chi connectivity index (χ1v) is 10.0. The van der Waals surface area contributed by atoms with E-state index < -0.39 is 5.76 Å². The molecule has 8 heteroatoms. The number of amides is 1. The van der Waals surface area contributed by atoms with Crippen LogP contribution in [0.1, 0.15) is 37.2 Å². The molecule has 1 aromatic heterocycles. The highest BCUT2D eigenvalue weighted by Gasteiger charge is 2.17. The van der Waals surface area contributed by atoms with Gasteiger partial charge in [0.1, 0.15) is 0 Å². The van der Waals surface area contributed by atoms with Gasteiger partial charge < -0.3 is 5.32 Å². The summed E-state index contributed by atoms with van der Waals surface area (Å²) in [6.07, 6.45) is 0.778. The van der Waals surface area contributed by atoms with Gasteiger partial charge in [-0.25, -0.2) is 0 Å². The third-order valence-electron chi connectivity index (χ3n) is 4.12. The zero-order chi connectivity index (χ0) is 20.1. The van der Waals surface area contributed by atoms with E-state index in [-0.39, 0.29) is 22.2 Å². The van der Waals surface area contributed by atoms with Crippen molar-refractivity contribution in [1.82, 2.24) is 9.78 Å². The predicted octanol–water partition coefficient (Wildman–Crippen LogP) is 5.70. The molecule has 0 atom stereocenters. The molecule has 0 radical (unpaired) electrons. The summed E-state index contributed by atoms with van der Waals surface area (Å²) in [5.41, 5.74) is 3.34. The zero-order valence-corrected chi connectivity index (χ0v) is 17.4. The number of nitrogens with one attached hydrogen (secondary N) is 1. The molecule has 4 nitrogen and oxygen atoms in total. The molecule has 0 unspecified atom stereocenters. The van der Waals surface area contributed by atoms with Crippen molar-refractivity contribution in [2.45, 2.75) is 57.7 Å². The average Bonchev–Trinajstić information content (AvgIpc) is 2.81. The molecule has 2 rings (SSSR count). The Morgan fingerprint density at radius 2 is 2.04 bits per heavy atom. The molecule has 1 amide bonds. The third-order valence-corrected chi connectivity index (χ3v) is 5.40. The quantitative estimate of drug-likeness (QED) is 0.563. The number of aryl methyl sites for hydroxylation is 1. The molecular formula is C19H24ClF2N3OS. The highest BCUT2D eigenvalue weighted by molar-refractivity contribution is 7.99. The normalized spacial score (nSPS) is 11.4. The van der Waals surface area contributed by atoms with Crippen LogP contribution in [0.5, 0.6) is 0 Å². The van der Waals surface area contributed by atoms with E-state index in [1.54, 1.807) is 12.1 Å². The number of carbonyl (C=O) groups excluding carboxylic acids is 1. The molecule has 1 aromatic carbocycles. The van der Waals surface area contributed by atoms with Crippen molar-refractivity contribution in [3.05, 3.63) is 40.2 Å². The van der Waals surface area contributed by atoms with Crippen molar-refractivity contribution in [2.24, 2.45) is 5.92 Å². The maximum absolute atomic E-state index is 12.8. The van der Waals surface area contributed by atoms with Crippen molar-refractivity contribution in [1.29, 1.82) is 0 Å². The van der Waals surface area contributed by atoms with Crippen LogP contribution in [0, 0.1) is 19.8 Å². The summed E-state index contributed by atoms with van der Waals surface area (Å²) < 4.78 is 27.5. The molecule has 148 valence electrons. The molecule has 0 bridgehead atoms. The lowest BCUT2D eigenvalue weighted by atomic mass is 10.1. The predicted molar refractivity (Wildman–Crippen MR) is 107 cm³/mol. The average molecular weight is 416 g/mol. The summed E-state index contributed by atoms with van der Waals surface area (Å²) in [5.74, 6) is -2.38. The fourth-order valence-electron chi connectivity index (χ4n) is 2.89. The third kappa shape index (κ3) is 5.94. The Labute approximate surface area is 167 Å². The van der Waals surface area contributed by atoms with Crippen LogP contribution < -0.4 is 5.32 Å². The Hall–Kier alpha value is -1.60. The second-order valence-electron chi connectivity index (χ2n) is 6.77. The summed E-state index contributed by atoms with van der Waals surface area (Å²) in [6.45, 7) is 9.03. The standard InChI is InChI=1S/C19H24ClF2N3OS/c1-11(2)10-25-13(4)14(12(3)24-25)8-9-17(26)23-16-7-5-6-15(20)18(16)27-19(21)22/h5-7,11,19H,8-10H2,1-4H3,(H,23,26). The molecule has 0 aliphatic heterocycles. The lowest BCUT2D eigenvalue weighted by molar-refractivity contribution is -0.116. The molecule has 0 saturated carbocycles. The molecule has 0 fully saturated rings. The highest BCUT2D eigenvalue weighted by Crippen LogP contribution is 2.37. The van der Waals surface area contributed by atoms with Gasteiger partial charge in [0.05, 0.1) is 21.3 Å². The number of aromatic nitrogens is 2. The first-order chi connectivity index (χ1) is 12.7. The first-order valence-electron chi connectivity index (χ1n) is 8.75. The van der Waals surface area contributed by atoms with E-state index >= 15 is 0 Å². The van der Waals surface area contributed by atoms with E-state index in [0.717, 1.165) is 23.5 Å². The number of nitrogens with zero attached hydrogens (tertiary/aromatic N) is 2. The van der Waals surface area contributed by atoms with Crippen LogP contribution >= 0.6 is 23.4 Å². The minimum absolute atomic E-state index is 0.180. The van der Waals surface area contributed by atoms with Gasteiger partial charge in [0.2, 0.25) is 5.91 Å². The van der Waals surface area contributed by atoms with Crippen LogP contribution in [0.25, 0.3) is 0 Å². The minimum atomic E-state index is -2.61. The number of rotatable bonds is 8. The van der Waals surface area contributed by atoms with E-state index in [2.05, 4.69) is 24.3 Å². The maximum Gasteiger partial charge on any atom is 0.289 e. The molecule has 1 N–H and O–H groups in total. The second-order valence-corrected chi connectivity index (χ2v) is 8.18. The molecule has 0 aliphatic carbocycles. The fourth-order valence-corrected chi connectivity index (χ4v) is 3.80. The first kappa shape index (κ1) is 21.7. The molecule has 1 heterocycles. The van der Waals surface area contributed by atoms with Gasteiger partial charge in [0, 0.05) is 18.7 Å². The van der Waals surface area contributed by atoms with Crippen LogP contribution in [-0.4, -0.2) is 21.4 Å². The highest BCUT2D eigenvalue weighted by atomic mass is 35.5. The van der Waals surface area contributed by atoms with Crippen molar-refractivity contribution < 1.29 is 13.6 Å². The van der Waals surface area contributed by atoms with E-state index in [1.165, 1.54) is 6.07 Å². The number of benzene rings is 1. The number of hydrogen-bond donors (Lipinski definition) is 1. The van der Waals surface area contributed by atoms with Gasteiger partial charge in [0.15, 0.2) is 0 Å². The summed E-state index contributed by atoms with van der Waals surface area (Å²) in [6, 6.07) is 4.72. The Morgan fingerprint density at radius 3 is 2.67 bits per heavy atom. The van der Waals surface area contributed by atoms with Crippen molar-refractivity contribution >= 4 is 35.0 Å². The number of carbonyl (C=O) groups is 1. The molecule has 27 heavy (non-hydrogen) atoms. The molecule has 0 saturated heterocycles. The van der Waals surface area contributed by atoms with Crippen molar-refractivity contribution in [3.8, 4) is 0 Å². The van der Waals surface area contributed by atoms with E-state index in [1.807, 2.05) is 18.5 Å².